The Morgan fingerprint density at radius 2 is 1.88 bits per heavy atom. The van der Waals surface area contributed by atoms with Crippen molar-refractivity contribution in [1.29, 1.82) is 0 Å². The Bertz CT molecular complexity index is 859. The number of carbonyl (C=O) groups is 1. The predicted molar refractivity (Wildman–Crippen MR) is 99.6 cm³/mol. The molecule has 0 bridgehead atoms. The lowest BCUT2D eigenvalue weighted by Crippen LogP contribution is -2.31. The van der Waals surface area contributed by atoms with Gasteiger partial charge in [-0.3, -0.25) is 4.79 Å². The van der Waals surface area contributed by atoms with Gasteiger partial charge in [0.15, 0.2) is 0 Å². The first-order chi connectivity index (χ1) is 12.6. The van der Waals surface area contributed by atoms with Gasteiger partial charge in [0.05, 0.1) is 26.0 Å². The van der Waals surface area contributed by atoms with Gasteiger partial charge >= 0.3 is 0 Å². The minimum absolute atomic E-state index is 0.0517. The quantitative estimate of drug-likeness (QED) is 0.850. The minimum atomic E-state index is -0.0912. The summed E-state index contributed by atoms with van der Waals surface area (Å²) in [4.78, 5) is 12.3. The number of rotatable bonds is 3. The number of nitrogens with zero attached hydrogens (tertiary/aromatic N) is 2. The molecule has 0 unspecified atom stereocenters. The second kappa shape index (κ2) is 6.48. The number of methoxy groups -OCH3 is 2. The van der Waals surface area contributed by atoms with Crippen molar-refractivity contribution in [3.63, 3.8) is 0 Å². The summed E-state index contributed by atoms with van der Waals surface area (Å²) in [7, 11) is 3.33. The van der Waals surface area contributed by atoms with Gasteiger partial charge in [-0.2, -0.15) is 5.10 Å². The lowest BCUT2D eigenvalue weighted by atomic mass is 9.77. The molecule has 2 aromatic rings. The first kappa shape index (κ1) is 16.6. The number of amides is 1. The van der Waals surface area contributed by atoms with Crippen LogP contribution in [0.4, 0.5) is 0 Å². The van der Waals surface area contributed by atoms with E-state index in [1.165, 1.54) is 5.56 Å². The standard InChI is InChI=1S/C21H22N2O3/c1-13(24)23-21(15-7-10-16(25-2)11-8-15)17-12-9-14-5-4-6-18(26-3)19(14)20(17)22-23/h4-8,10-11,17,21H,9,12H2,1-3H3/t17-,21-/m0/s1. The largest absolute Gasteiger partial charge is 0.497 e. The minimum Gasteiger partial charge on any atom is -0.497 e. The number of aryl methyl sites for hydroxylation is 1. The topological polar surface area (TPSA) is 51.1 Å². The summed E-state index contributed by atoms with van der Waals surface area (Å²) in [5.74, 6) is 1.74. The highest BCUT2D eigenvalue weighted by molar-refractivity contribution is 6.08. The molecule has 134 valence electrons. The Kier molecular flexibility index (Phi) is 4.15. The van der Waals surface area contributed by atoms with Crippen LogP contribution in [-0.2, 0) is 11.2 Å². The number of benzene rings is 2. The summed E-state index contributed by atoms with van der Waals surface area (Å²) in [6.07, 6.45) is 1.91. The van der Waals surface area contributed by atoms with Crippen LogP contribution in [0.1, 0.15) is 36.1 Å². The van der Waals surface area contributed by atoms with Crippen LogP contribution in [0.15, 0.2) is 47.6 Å². The zero-order valence-corrected chi connectivity index (χ0v) is 15.2. The van der Waals surface area contributed by atoms with E-state index in [0.29, 0.717) is 0 Å². The smallest absolute Gasteiger partial charge is 0.240 e. The Morgan fingerprint density at radius 1 is 1.12 bits per heavy atom. The van der Waals surface area contributed by atoms with Crippen molar-refractivity contribution in [3.8, 4) is 11.5 Å². The van der Waals surface area contributed by atoms with E-state index in [0.717, 1.165) is 41.2 Å². The van der Waals surface area contributed by atoms with Crippen molar-refractivity contribution in [2.24, 2.45) is 11.0 Å². The predicted octanol–water partition coefficient (Wildman–Crippen LogP) is 3.57. The molecule has 4 rings (SSSR count). The van der Waals surface area contributed by atoms with Crippen molar-refractivity contribution < 1.29 is 14.3 Å². The van der Waals surface area contributed by atoms with E-state index in [-0.39, 0.29) is 17.9 Å². The Hall–Kier alpha value is -2.82. The van der Waals surface area contributed by atoms with Gasteiger partial charge in [0.25, 0.3) is 0 Å². The van der Waals surface area contributed by atoms with Gasteiger partial charge in [-0.15, -0.1) is 0 Å². The van der Waals surface area contributed by atoms with Crippen LogP contribution in [0, 0.1) is 5.92 Å². The average molecular weight is 350 g/mol. The molecule has 26 heavy (non-hydrogen) atoms. The van der Waals surface area contributed by atoms with Crippen molar-refractivity contribution in [1.82, 2.24) is 5.01 Å². The Morgan fingerprint density at radius 3 is 2.54 bits per heavy atom. The van der Waals surface area contributed by atoms with Gasteiger partial charge in [0, 0.05) is 18.4 Å². The third-order valence-corrected chi connectivity index (χ3v) is 5.30. The Labute approximate surface area is 153 Å². The summed E-state index contributed by atoms with van der Waals surface area (Å²) in [6, 6.07) is 13.9. The van der Waals surface area contributed by atoms with E-state index < -0.39 is 0 Å². The van der Waals surface area contributed by atoms with Gasteiger partial charge in [0.1, 0.15) is 11.5 Å². The zero-order chi connectivity index (χ0) is 18.3. The van der Waals surface area contributed by atoms with E-state index >= 15 is 0 Å². The third-order valence-electron chi connectivity index (χ3n) is 5.30. The van der Waals surface area contributed by atoms with E-state index in [1.807, 2.05) is 36.4 Å². The number of fused-ring (bicyclic) bond motifs is 3. The molecule has 2 atom stereocenters. The molecular weight excluding hydrogens is 328 g/mol. The fourth-order valence-corrected chi connectivity index (χ4v) is 4.10. The maximum absolute atomic E-state index is 12.3. The first-order valence-corrected chi connectivity index (χ1v) is 8.82. The van der Waals surface area contributed by atoms with Gasteiger partial charge in [-0.05, 0) is 42.2 Å². The molecule has 1 amide bonds. The SMILES string of the molecule is COc1ccc([C@H]2[C@H]3CCc4cccc(OC)c4C3=NN2C(C)=O)cc1. The summed E-state index contributed by atoms with van der Waals surface area (Å²) in [5.41, 5.74) is 4.31. The van der Waals surface area contributed by atoms with Crippen molar-refractivity contribution in [3.05, 3.63) is 59.2 Å². The van der Waals surface area contributed by atoms with Crippen molar-refractivity contribution in [2.75, 3.05) is 14.2 Å². The highest BCUT2D eigenvalue weighted by Gasteiger charge is 2.43. The van der Waals surface area contributed by atoms with Crippen molar-refractivity contribution in [2.45, 2.75) is 25.8 Å². The van der Waals surface area contributed by atoms with Gasteiger partial charge in [-0.25, -0.2) is 5.01 Å². The van der Waals surface area contributed by atoms with E-state index in [4.69, 9.17) is 14.6 Å². The zero-order valence-electron chi connectivity index (χ0n) is 15.2. The third kappa shape index (κ3) is 2.55. The van der Waals surface area contributed by atoms with Gasteiger partial charge < -0.3 is 9.47 Å². The number of carbonyl (C=O) groups excluding carboxylic acids is 1. The summed E-state index contributed by atoms with van der Waals surface area (Å²) < 4.78 is 10.9. The molecule has 0 fully saturated rings. The maximum Gasteiger partial charge on any atom is 0.240 e. The lowest BCUT2D eigenvalue weighted by molar-refractivity contribution is -0.131. The molecular formula is C21H22N2O3. The second-order valence-electron chi connectivity index (χ2n) is 6.71. The molecule has 0 aromatic heterocycles. The van der Waals surface area contributed by atoms with E-state index in [1.54, 1.807) is 26.2 Å². The monoisotopic (exact) mass is 350 g/mol. The van der Waals surface area contributed by atoms with Crippen LogP contribution in [0.5, 0.6) is 11.5 Å². The molecule has 1 heterocycles. The molecule has 5 heteroatoms. The maximum atomic E-state index is 12.3. The number of hydrogen-bond acceptors (Lipinski definition) is 4. The average Bonchev–Trinajstić information content (AvgIpc) is 3.07. The molecule has 5 nitrogen and oxygen atoms in total. The molecule has 0 saturated heterocycles. The second-order valence-corrected chi connectivity index (χ2v) is 6.71. The fourth-order valence-electron chi connectivity index (χ4n) is 4.10. The lowest BCUT2D eigenvalue weighted by Gasteiger charge is -2.29. The molecule has 1 aliphatic heterocycles. The molecule has 0 radical (unpaired) electrons. The fraction of sp³-hybridized carbons (Fsp3) is 0.333. The summed E-state index contributed by atoms with van der Waals surface area (Å²) in [5, 5.41) is 6.38. The van der Waals surface area contributed by atoms with Crippen molar-refractivity contribution >= 4 is 11.6 Å². The summed E-state index contributed by atoms with van der Waals surface area (Å²) >= 11 is 0. The normalized spacial score (nSPS) is 20.9. The molecule has 0 N–H and O–H groups in total. The van der Waals surface area contributed by atoms with Crippen LogP contribution in [0.3, 0.4) is 0 Å². The number of hydrazone groups is 1. The van der Waals surface area contributed by atoms with Gasteiger partial charge in [-0.1, -0.05) is 24.3 Å². The van der Waals surface area contributed by atoms with Crippen LogP contribution in [0.2, 0.25) is 0 Å². The van der Waals surface area contributed by atoms with Crippen LogP contribution in [0.25, 0.3) is 0 Å². The number of hydrogen-bond donors (Lipinski definition) is 0. The highest BCUT2D eigenvalue weighted by atomic mass is 16.5. The van der Waals surface area contributed by atoms with E-state index in [9.17, 15) is 4.79 Å². The van der Waals surface area contributed by atoms with Crippen LogP contribution in [-0.4, -0.2) is 30.8 Å². The van der Waals surface area contributed by atoms with Crippen LogP contribution >= 0.6 is 0 Å². The molecule has 0 saturated carbocycles. The highest BCUT2D eigenvalue weighted by Crippen LogP contribution is 2.45. The molecule has 2 aromatic carbocycles. The summed E-state index contributed by atoms with van der Waals surface area (Å²) in [6.45, 7) is 1.57. The molecule has 0 spiro atoms. The van der Waals surface area contributed by atoms with Crippen LogP contribution < -0.4 is 9.47 Å². The Balaban J connectivity index is 1.80. The molecule has 1 aliphatic carbocycles. The number of ether oxygens (including phenoxy) is 2. The molecule has 2 aliphatic rings. The van der Waals surface area contributed by atoms with E-state index in [2.05, 4.69) is 6.07 Å². The van der Waals surface area contributed by atoms with Gasteiger partial charge in [0.2, 0.25) is 5.91 Å². The first-order valence-electron chi connectivity index (χ1n) is 8.82.